The molecule has 0 saturated carbocycles. The number of fused-ring (bicyclic) bond motifs is 1. The summed E-state index contributed by atoms with van der Waals surface area (Å²) < 4.78 is 28.2. The molecule has 11 heteroatoms. The second kappa shape index (κ2) is 9.41. The smallest absolute Gasteiger partial charge is 0.282 e. The van der Waals surface area contributed by atoms with Gasteiger partial charge in [0.05, 0.1) is 30.7 Å². The number of amides is 1. The summed E-state index contributed by atoms with van der Waals surface area (Å²) in [6, 6.07) is 12.9. The first kappa shape index (κ1) is 24.0. The van der Waals surface area contributed by atoms with E-state index < -0.39 is 24.9 Å². The monoisotopic (exact) mass is 502 g/mol. The minimum Gasteiger partial charge on any atom is -0.340 e. The first-order valence-corrected chi connectivity index (χ1v) is 11.5. The van der Waals surface area contributed by atoms with Crippen molar-refractivity contribution < 1.29 is 13.6 Å². The molecule has 0 aliphatic carbocycles. The van der Waals surface area contributed by atoms with Gasteiger partial charge in [-0.05, 0) is 42.8 Å². The number of nitrogens with one attached hydrogen (secondary N) is 2. The number of likely N-dealkylation sites (tertiary alicyclic amines) is 1. The van der Waals surface area contributed by atoms with Gasteiger partial charge in [-0.15, -0.1) is 0 Å². The predicted molar refractivity (Wildman–Crippen MR) is 139 cm³/mol. The molecule has 9 nitrogen and oxygen atoms in total. The Balaban J connectivity index is 1.36. The third-order valence-corrected chi connectivity index (χ3v) is 6.12. The van der Waals surface area contributed by atoms with Gasteiger partial charge in [0, 0.05) is 42.6 Å². The summed E-state index contributed by atoms with van der Waals surface area (Å²) in [4.78, 5) is 27.3. The van der Waals surface area contributed by atoms with Crippen molar-refractivity contribution in [1.82, 2.24) is 29.8 Å². The summed E-state index contributed by atoms with van der Waals surface area (Å²) in [6.07, 6.45) is 5.07. The van der Waals surface area contributed by atoms with Crippen molar-refractivity contribution >= 4 is 40.6 Å². The van der Waals surface area contributed by atoms with E-state index in [2.05, 4.69) is 37.5 Å². The maximum atomic E-state index is 13.2. The third kappa shape index (κ3) is 4.88. The highest BCUT2D eigenvalue weighted by atomic mass is 19.3. The molecule has 1 fully saturated rings. The van der Waals surface area contributed by atoms with E-state index in [9.17, 15) is 13.6 Å². The molecule has 188 valence electrons. The van der Waals surface area contributed by atoms with Crippen molar-refractivity contribution in [2.24, 2.45) is 12.1 Å². The number of alkyl halides is 2. The standard InChI is InChI=1S/C26H24F2N8O/c1-16(12-32-29-2)20-7-6-19(13-31-20)33-23-8-9-30-24(34-23)18-5-4-17-10-22(35(3)21(17)11-18)25(37)36-14-26(27,28)15-36/h4-13,32H,2,14-15H2,1,3H3,(H,30,33,34)/b16-12+. The van der Waals surface area contributed by atoms with Crippen molar-refractivity contribution in [3.8, 4) is 11.4 Å². The van der Waals surface area contributed by atoms with Gasteiger partial charge in [0.25, 0.3) is 11.8 Å². The number of aromatic nitrogens is 4. The lowest BCUT2D eigenvalue weighted by atomic mass is 10.1. The summed E-state index contributed by atoms with van der Waals surface area (Å²) in [5.74, 6) is -2.13. The lowest BCUT2D eigenvalue weighted by Gasteiger charge is -2.38. The van der Waals surface area contributed by atoms with Gasteiger partial charge in [0.2, 0.25) is 0 Å². The number of hydrazone groups is 1. The van der Waals surface area contributed by atoms with E-state index in [1.807, 2.05) is 37.3 Å². The highest BCUT2D eigenvalue weighted by molar-refractivity contribution is 6.00. The van der Waals surface area contributed by atoms with Crippen molar-refractivity contribution in [1.29, 1.82) is 0 Å². The Labute approximate surface area is 211 Å². The molecule has 1 aliphatic heterocycles. The number of aryl methyl sites for hydroxylation is 1. The lowest BCUT2D eigenvalue weighted by Crippen LogP contribution is -2.58. The molecule has 2 N–H and O–H groups in total. The van der Waals surface area contributed by atoms with Crippen LogP contribution in [0.5, 0.6) is 0 Å². The number of hydrogen-bond acceptors (Lipinski definition) is 7. The number of halogens is 2. The van der Waals surface area contributed by atoms with Gasteiger partial charge in [0.15, 0.2) is 5.82 Å². The molecule has 1 saturated heterocycles. The van der Waals surface area contributed by atoms with Crippen LogP contribution in [0.2, 0.25) is 0 Å². The van der Waals surface area contributed by atoms with Gasteiger partial charge in [-0.1, -0.05) is 12.1 Å². The predicted octanol–water partition coefficient (Wildman–Crippen LogP) is 4.43. The Morgan fingerprint density at radius 2 is 1.97 bits per heavy atom. The molecule has 1 aromatic carbocycles. The Morgan fingerprint density at radius 3 is 2.68 bits per heavy atom. The number of hydrogen-bond donors (Lipinski definition) is 2. The zero-order chi connectivity index (χ0) is 26.2. The molecular formula is C26H24F2N8O. The number of carbonyl (C=O) groups excluding carboxylic acids is 1. The Kier molecular flexibility index (Phi) is 6.12. The van der Waals surface area contributed by atoms with Crippen molar-refractivity contribution in [3.63, 3.8) is 0 Å². The van der Waals surface area contributed by atoms with E-state index in [-0.39, 0.29) is 0 Å². The molecule has 0 unspecified atom stereocenters. The number of allylic oxidation sites excluding steroid dienone is 1. The van der Waals surface area contributed by atoms with E-state index in [1.165, 1.54) is 0 Å². The largest absolute Gasteiger partial charge is 0.340 e. The second-order valence-corrected chi connectivity index (χ2v) is 8.82. The van der Waals surface area contributed by atoms with Crippen LogP contribution in [-0.2, 0) is 7.05 Å². The van der Waals surface area contributed by atoms with Gasteiger partial charge < -0.3 is 14.8 Å². The average molecular weight is 503 g/mol. The van der Waals surface area contributed by atoms with Crippen LogP contribution >= 0.6 is 0 Å². The first-order chi connectivity index (χ1) is 17.7. The molecule has 0 radical (unpaired) electrons. The Morgan fingerprint density at radius 1 is 1.16 bits per heavy atom. The van der Waals surface area contributed by atoms with E-state index in [4.69, 9.17) is 0 Å². The number of pyridine rings is 1. The fourth-order valence-electron chi connectivity index (χ4n) is 4.12. The number of rotatable bonds is 7. The second-order valence-electron chi connectivity index (χ2n) is 8.82. The average Bonchev–Trinajstić information content (AvgIpc) is 3.21. The first-order valence-electron chi connectivity index (χ1n) is 11.5. The van der Waals surface area contributed by atoms with E-state index >= 15 is 0 Å². The maximum Gasteiger partial charge on any atom is 0.282 e. The van der Waals surface area contributed by atoms with Gasteiger partial charge >= 0.3 is 0 Å². The van der Waals surface area contributed by atoms with E-state index in [0.29, 0.717) is 17.3 Å². The van der Waals surface area contributed by atoms with Crippen LogP contribution in [0.1, 0.15) is 23.1 Å². The van der Waals surface area contributed by atoms with Gasteiger partial charge in [-0.3, -0.25) is 15.2 Å². The molecule has 0 atom stereocenters. The molecule has 0 spiro atoms. The lowest BCUT2D eigenvalue weighted by molar-refractivity contribution is -0.113. The van der Waals surface area contributed by atoms with Crippen LogP contribution in [0.15, 0.2) is 66.2 Å². The van der Waals surface area contributed by atoms with Crippen LogP contribution in [0, 0.1) is 0 Å². The molecule has 3 aromatic heterocycles. The molecule has 0 bridgehead atoms. The minimum atomic E-state index is -2.81. The Bertz CT molecular complexity index is 1520. The number of carbonyl (C=O) groups is 1. The topological polar surface area (TPSA) is 100 Å². The summed E-state index contributed by atoms with van der Waals surface area (Å²) in [5, 5.41) is 7.64. The minimum absolute atomic E-state index is 0.358. The maximum absolute atomic E-state index is 13.2. The van der Waals surface area contributed by atoms with Crippen LogP contribution in [-0.4, -0.2) is 56.1 Å². The van der Waals surface area contributed by atoms with Gasteiger partial charge in [-0.25, -0.2) is 18.7 Å². The zero-order valence-electron chi connectivity index (χ0n) is 20.2. The highest BCUT2D eigenvalue weighted by Crippen LogP contribution is 2.30. The zero-order valence-corrected chi connectivity index (χ0v) is 20.2. The van der Waals surface area contributed by atoms with Crippen molar-refractivity contribution in [2.75, 3.05) is 18.4 Å². The summed E-state index contributed by atoms with van der Waals surface area (Å²) in [5.41, 5.74) is 7.04. The molecule has 4 heterocycles. The SMILES string of the molecule is C=NN/C=C(\C)c1ccc(Nc2ccnc(-c3ccc4cc(C(=O)N5CC(F)(F)C5)n(C)c4c3)n2)cn1. The number of nitrogens with zero attached hydrogens (tertiary/aromatic N) is 6. The normalized spacial score (nSPS) is 14.8. The van der Waals surface area contributed by atoms with Gasteiger partial charge in [0.1, 0.15) is 11.5 Å². The van der Waals surface area contributed by atoms with Crippen molar-refractivity contribution in [2.45, 2.75) is 12.8 Å². The molecule has 5 rings (SSSR count). The fourth-order valence-corrected chi connectivity index (χ4v) is 4.12. The van der Waals surface area contributed by atoms with E-state index in [0.717, 1.165) is 38.3 Å². The summed E-state index contributed by atoms with van der Waals surface area (Å²) >= 11 is 0. The molecule has 1 aliphatic rings. The summed E-state index contributed by atoms with van der Waals surface area (Å²) in [7, 11) is 1.74. The third-order valence-electron chi connectivity index (χ3n) is 6.12. The highest BCUT2D eigenvalue weighted by Gasteiger charge is 2.46. The summed E-state index contributed by atoms with van der Waals surface area (Å²) in [6.45, 7) is 4.18. The Hall–Kier alpha value is -4.67. The van der Waals surface area contributed by atoms with Crippen LogP contribution in [0.25, 0.3) is 27.9 Å². The van der Waals surface area contributed by atoms with E-state index in [1.54, 1.807) is 42.3 Å². The number of anilines is 2. The molecule has 1 amide bonds. The quantitative estimate of drug-likeness (QED) is 0.287. The van der Waals surface area contributed by atoms with Crippen molar-refractivity contribution in [3.05, 3.63) is 72.4 Å². The molecular weight excluding hydrogens is 478 g/mol. The van der Waals surface area contributed by atoms with Crippen LogP contribution in [0.4, 0.5) is 20.3 Å². The van der Waals surface area contributed by atoms with Crippen LogP contribution in [0.3, 0.4) is 0 Å². The van der Waals surface area contributed by atoms with Crippen LogP contribution < -0.4 is 10.7 Å². The molecule has 37 heavy (non-hydrogen) atoms. The molecule has 4 aromatic rings. The fraction of sp³-hybridized carbons (Fsp3) is 0.192. The number of benzene rings is 1. The van der Waals surface area contributed by atoms with Gasteiger partial charge in [-0.2, -0.15) is 5.10 Å².